The lowest BCUT2D eigenvalue weighted by Crippen LogP contribution is -2.20. The summed E-state index contributed by atoms with van der Waals surface area (Å²) in [7, 11) is 0. The van der Waals surface area contributed by atoms with E-state index in [0.29, 0.717) is 10.4 Å². The van der Waals surface area contributed by atoms with E-state index < -0.39 is 23.3 Å². The van der Waals surface area contributed by atoms with Crippen molar-refractivity contribution >= 4 is 23.2 Å². The monoisotopic (exact) mass is 405 g/mol. The van der Waals surface area contributed by atoms with E-state index >= 15 is 0 Å². The molecule has 1 aromatic heterocycles. The van der Waals surface area contributed by atoms with Crippen molar-refractivity contribution in [3.05, 3.63) is 76.1 Å². The molecular weight excluding hydrogens is 391 g/mol. The maximum Gasteiger partial charge on any atom is 0.434 e. The normalized spacial score (nSPS) is 13.4. The molecular formula is C20H15ClF3N3O. The highest BCUT2D eigenvalue weighted by molar-refractivity contribution is 6.30. The standard InChI is InChI=1S/C20H15ClF3N3O/c21-14-5-2-6-16(10-14)27-18(20(22,23)24)17(11-25-27)19(28)26-15-8-7-12-3-1-4-13(12)9-15/h2,5-11H,1,3-4H2,(H,26,28). The third-order valence-electron chi connectivity index (χ3n) is 4.69. The minimum Gasteiger partial charge on any atom is -0.322 e. The van der Waals surface area contributed by atoms with Crippen molar-refractivity contribution in [2.24, 2.45) is 0 Å². The van der Waals surface area contributed by atoms with Crippen molar-refractivity contribution in [3.63, 3.8) is 0 Å². The number of benzene rings is 2. The summed E-state index contributed by atoms with van der Waals surface area (Å²) in [6, 6.07) is 11.3. The van der Waals surface area contributed by atoms with E-state index in [-0.39, 0.29) is 10.7 Å². The van der Waals surface area contributed by atoms with Gasteiger partial charge in [-0.3, -0.25) is 4.79 Å². The molecule has 0 aliphatic heterocycles. The molecule has 0 unspecified atom stereocenters. The number of hydrogen-bond donors (Lipinski definition) is 1. The smallest absolute Gasteiger partial charge is 0.322 e. The van der Waals surface area contributed by atoms with Crippen molar-refractivity contribution in [2.45, 2.75) is 25.4 Å². The second-order valence-electron chi connectivity index (χ2n) is 6.59. The number of rotatable bonds is 3. The zero-order valence-corrected chi connectivity index (χ0v) is 15.3. The molecule has 28 heavy (non-hydrogen) atoms. The van der Waals surface area contributed by atoms with E-state index in [2.05, 4.69) is 10.4 Å². The third-order valence-corrected chi connectivity index (χ3v) is 4.93. The van der Waals surface area contributed by atoms with E-state index in [0.717, 1.165) is 31.0 Å². The maximum absolute atomic E-state index is 13.7. The average molecular weight is 406 g/mol. The molecule has 1 heterocycles. The van der Waals surface area contributed by atoms with Gasteiger partial charge in [0, 0.05) is 10.7 Å². The SMILES string of the molecule is O=C(Nc1ccc2c(c1)CCC2)c1cnn(-c2cccc(Cl)c2)c1C(F)(F)F. The minimum absolute atomic E-state index is 0.122. The lowest BCUT2D eigenvalue weighted by Gasteiger charge is -2.13. The van der Waals surface area contributed by atoms with Crippen molar-refractivity contribution < 1.29 is 18.0 Å². The molecule has 1 amide bonds. The van der Waals surface area contributed by atoms with Crippen molar-refractivity contribution in [3.8, 4) is 5.69 Å². The van der Waals surface area contributed by atoms with Gasteiger partial charge in [-0.2, -0.15) is 18.3 Å². The molecule has 0 atom stereocenters. The number of halogens is 4. The lowest BCUT2D eigenvalue weighted by atomic mass is 10.1. The fourth-order valence-corrected chi connectivity index (χ4v) is 3.62. The largest absolute Gasteiger partial charge is 0.434 e. The zero-order valence-electron chi connectivity index (χ0n) is 14.6. The Morgan fingerprint density at radius 2 is 1.89 bits per heavy atom. The minimum atomic E-state index is -4.77. The van der Waals surface area contributed by atoms with Crippen LogP contribution in [0.1, 0.15) is 33.6 Å². The van der Waals surface area contributed by atoms with Crippen molar-refractivity contribution in [1.29, 1.82) is 0 Å². The first-order valence-electron chi connectivity index (χ1n) is 8.67. The number of aryl methyl sites for hydroxylation is 2. The molecule has 2 aromatic carbocycles. The van der Waals surface area contributed by atoms with Gasteiger partial charge in [-0.25, -0.2) is 4.68 Å². The van der Waals surface area contributed by atoms with E-state index in [4.69, 9.17) is 11.6 Å². The van der Waals surface area contributed by atoms with E-state index in [1.54, 1.807) is 12.1 Å². The number of hydrogen-bond acceptors (Lipinski definition) is 2. The fourth-order valence-electron chi connectivity index (χ4n) is 3.44. The van der Waals surface area contributed by atoms with Crippen molar-refractivity contribution in [1.82, 2.24) is 9.78 Å². The number of amides is 1. The molecule has 0 spiro atoms. The van der Waals surface area contributed by atoms with Gasteiger partial charge in [0.2, 0.25) is 0 Å². The van der Waals surface area contributed by atoms with Gasteiger partial charge in [0.15, 0.2) is 5.69 Å². The summed E-state index contributed by atoms with van der Waals surface area (Å²) < 4.78 is 41.9. The number of aromatic nitrogens is 2. The molecule has 4 rings (SSSR count). The van der Waals surface area contributed by atoms with Gasteiger partial charge in [0.05, 0.1) is 17.4 Å². The van der Waals surface area contributed by atoms with Crippen LogP contribution in [0.4, 0.5) is 18.9 Å². The Kier molecular flexibility index (Phi) is 4.63. The highest BCUT2D eigenvalue weighted by Crippen LogP contribution is 2.34. The molecule has 0 saturated heterocycles. The first-order valence-corrected chi connectivity index (χ1v) is 9.05. The average Bonchev–Trinajstić information content (AvgIpc) is 3.28. The Balaban J connectivity index is 1.70. The van der Waals surface area contributed by atoms with Gasteiger partial charge < -0.3 is 5.32 Å². The number of nitrogens with one attached hydrogen (secondary N) is 1. The van der Waals surface area contributed by atoms with Crippen LogP contribution in [0.15, 0.2) is 48.7 Å². The molecule has 4 nitrogen and oxygen atoms in total. The number of alkyl halides is 3. The maximum atomic E-state index is 13.7. The third kappa shape index (κ3) is 3.49. The summed E-state index contributed by atoms with van der Waals surface area (Å²) in [6.07, 6.45) is -0.930. The highest BCUT2D eigenvalue weighted by Gasteiger charge is 2.40. The molecule has 3 aromatic rings. The number of carbonyl (C=O) groups is 1. The Hall–Kier alpha value is -2.80. The number of carbonyl (C=O) groups excluding carboxylic acids is 1. The molecule has 144 valence electrons. The van der Waals surface area contributed by atoms with Gasteiger partial charge in [0.1, 0.15) is 0 Å². The van der Waals surface area contributed by atoms with Crippen LogP contribution in [0.5, 0.6) is 0 Å². The van der Waals surface area contributed by atoms with Crippen LogP contribution in [0.25, 0.3) is 5.69 Å². The number of nitrogens with zero attached hydrogens (tertiary/aromatic N) is 2. The topological polar surface area (TPSA) is 46.9 Å². The van der Waals surface area contributed by atoms with Crippen LogP contribution < -0.4 is 5.32 Å². The first kappa shape index (κ1) is 18.6. The molecule has 1 N–H and O–H groups in total. The molecule has 0 fully saturated rings. The Bertz CT molecular complexity index is 1060. The molecule has 0 radical (unpaired) electrons. The molecule has 1 aliphatic rings. The number of fused-ring (bicyclic) bond motifs is 1. The quantitative estimate of drug-likeness (QED) is 0.644. The summed E-state index contributed by atoms with van der Waals surface area (Å²) in [5.74, 6) is -0.862. The van der Waals surface area contributed by atoms with Crippen LogP contribution >= 0.6 is 11.6 Å². The predicted octanol–water partition coefficient (Wildman–Crippen LogP) is 5.29. The summed E-state index contributed by atoms with van der Waals surface area (Å²) in [6.45, 7) is 0. The van der Waals surface area contributed by atoms with Crippen LogP contribution in [-0.4, -0.2) is 15.7 Å². The van der Waals surface area contributed by atoms with E-state index in [9.17, 15) is 18.0 Å². The second kappa shape index (κ2) is 6.98. The van der Waals surface area contributed by atoms with Crippen LogP contribution in [0, 0.1) is 0 Å². The van der Waals surface area contributed by atoms with Gasteiger partial charge >= 0.3 is 6.18 Å². The Labute approximate surface area is 163 Å². The Morgan fingerprint density at radius 1 is 1.11 bits per heavy atom. The second-order valence-corrected chi connectivity index (χ2v) is 7.02. The molecule has 1 aliphatic carbocycles. The van der Waals surface area contributed by atoms with Gasteiger partial charge in [-0.15, -0.1) is 0 Å². The zero-order chi connectivity index (χ0) is 19.9. The fraction of sp³-hybridized carbons (Fsp3) is 0.200. The van der Waals surface area contributed by atoms with Crippen LogP contribution in [-0.2, 0) is 19.0 Å². The van der Waals surface area contributed by atoms with Crippen LogP contribution in [0.2, 0.25) is 5.02 Å². The first-order chi connectivity index (χ1) is 13.3. The molecule has 8 heteroatoms. The summed E-state index contributed by atoms with van der Waals surface area (Å²) in [4.78, 5) is 12.6. The summed E-state index contributed by atoms with van der Waals surface area (Å²) >= 11 is 5.88. The summed E-state index contributed by atoms with van der Waals surface area (Å²) in [5.41, 5.74) is 1.22. The van der Waals surface area contributed by atoms with Gasteiger partial charge in [-0.05, 0) is 60.7 Å². The number of anilines is 1. The summed E-state index contributed by atoms with van der Waals surface area (Å²) in [5, 5.41) is 6.62. The Morgan fingerprint density at radius 3 is 2.64 bits per heavy atom. The predicted molar refractivity (Wildman–Crippen MR) is 100.0 cm³/mol. The van der Waals surface area contributed by atoms with Crippen LogP contribution in [0.3, 0.4) is 0 Å². The lowest BCUT2D eigenvalue weighted by molar-refractivity contribution is -0.143. The van der Waals surface area contributed by atoms with E-state index in [1.165, 1.54) is 23.8 Å². The highest BCUT2D eigenvalue weighted by atomic mass is 35.5. The van der Waals surface area contributed by atoms with Gasteiger partial charge in [0.25, 0.3) is 5.91 Å². The van der Waals surface area contributed by atoms with E-state index in [1.807, 2.05) is 12.1 Å². The van der Waals surface area contributed by atoms with Crippen molar-refractivity contribution in [2.75, 3.05) is 5.32 Å². The molecule has 0 bridgehead atoms. The van der Waals surface area contributed by atoms with Gasteiger partial charge in [-0.1, -0.05) is 23.7 Å². The molecule has 0 saturated carbocycles.